The summed E-state index contributed by atoms with van der Waals surface area (Å²) in [6, 6.07) is 2.48. The van der Waals surface area contributed by atoms with Gasteiger partial charge in [0.2, 0.25) is 0 Å². The first-order valence-electron chi connectivity index (χ1n) is 6.02. The quantitative estimate of drug-likeness (QED) is 0.592. The lowest BCUT2D eigenvalue weighted by atomic mass is 9.78. The van der Waals surface area contributed by atoms with E-state index in [1.807, 2.05) is 0 Å². The van der Waals surface area contributed by atoms with E-state index in [9.17, 15) is 0 Å². The third-order valence-electron chi connectivity index (χ3n) is 3.60. The summed E-state index contributed by atoms with van der Waals surface area (Å²) < 4.78 is 2.28. The van der Waals surface area contributed by atoms with Crippen LogP contribution in [0.1, 0.15) is 43.5 Å². The lowest BCUT2D eigenvalue weighted by Gasteiger charge is -2.32. The summed E-state index contributed by atoms with van der Waals surface area (Å²) in [5.41, 5.74) is 3.02. The second-order valence-corrected chi connectivity index (χ2v) is 8.20. The van der Waals surface area contributed by atoms with Gasteiger partial charge in [-0.2, -0.15) is 0 Å². The lowest BCUT2D eigenvalue weighted by molar-refractivity contribution is 0.226. The van der Waals surface area contributed by atoms with Gasteiger partial charge in [-0.3, -0.25) is 11.3 Å². The van der Waals surface area contributed by atoms with Crippen molar-refractivity contribution in [1.82, 2.24) is 5.43 Å². The average Bonchev–Trinajstić information content (AvgIpc) is 2.60. The molecule has 1 aliphatic rings. The molecule has 1 aromatic heterocycles. The van der Waals surface area contributed by atoms with E-state index in [1.54, 1.807) is 11.3 Å². The van der Waals surface area contributed by atoms with Gasteiger partial charge in [0.05, 0.1) is 9.83 Å². The Morgan fingerprint density at radius 2 is 2.24 bits per heavy atom. The summed E-state index contributed by atoms with van der Waals surface area (Å²) in [6.07, 6.45) is 5.26. The second kappa shape index (κ2) is 6.15. The Bertz CT molecular complexity index is 361. The Kier molecular flexibility index (Phi) is 5.06. The fraction of sp³-hybridized carbons (Fsp3) is 0.667. The highest BCUT2D eigenvalue weighted by Crippen LogP contribution is 2.42. The van der Waals surface area contributed by atoms with Gasteiger partial charge < -0.3 is 0 Å². The first-order chi connectivity index (χ1) is 8.11. The molecule has 1 saturated carbocycles. The fourth-order valence-electron chi connectivity index (χ4n) is 2.75. The monoisotopic (exact) mass is 380 g/mol. The minimum absolute atomic E-state index is 0.297. The van der Waals surface area contributed by atoms with Gasteiger partial charge in [0, 0.05) is 9.35 Å². The molecule has 1 heterocycles. The Hall–Kier alpha value is 0.580. The maximum absolute atomic E-state index is 5.77. The highest BCUT2D eigenvalue weighted by molar-refractivity contribution is 9.13. The second-order valence-electron chi connectivity index (χ2n) is 4.95. The molecule has 0 saturated heterocycles. The normalized spacial score (nSPS) is 27.1. The number of nitrogens with two attached hydrogens (primary N) is 1. The van der Waals surface area contributed by atoms with Crippen molar-refractivity contribution in [1.29, 1.82) is 0 Å². The summed E-state index contributed by atoms with van der Waals surface area (Å²) >= 11 is 8.87. The molecule has 0 radical (unpaired) electrons. The van der Waals surface area contributed by atoms with Crippen LogP contribution >= 0.6 is 43.2 Å². The number of hydrogen-bond acceptors (Lipinski definition) is 3. The van der Waals surface area contributed by atoms with Gasteiger partial charge in [-0.05, 0) is 62.6 Å². The van der Waals surface area contributed by atoms with Crippen molar-refractivity contribution in [3.8, 4) is 0 Å². The van der Waals surface area contributed by atoms with Crippen LogP contribution < -0.4 is 11.3 Å². The predicted octanol–water partition coefficient (Wildman–Crippen LogP) is 4.60. The highest BCUT2D eigenvalue weighted by Gasteiger charge is 2.28. The lowest BCUT2D eigenvalue weighted by Crippen LogP contribution is -2.35. The predicted molar refractivity (Wildman–Crippen MR) is 80.9 cm³/mol. The molecule has 0 spiro atoms. The van der Waals surface area contributed by atoms with Crippen molar-refractivity contribution in [2.75, 3.05) is 0 Å². The minimum Gasteiger partial charge on any atom is -0.271 e. The molecule has 2 rings (SSSR count). The third-order valence-corrected chi connectivity index (χ3v) is 6.94. The Labute approximate surface area is 124 Å². The van der Waals surface area contributed by atoms with Crippen LogP contribution in [0.2, 0.25) is 0 Å². The SMILES string of the molecule is CC1CCCC(C(NN)c2cc(Br)c(Br)s2)C1. The van der Waals surface area contributed by atoms with Crippen LogP contribution in [0.25, 0.3) is 0 Å². The number of thiophene rings is 1. The van der Waals surface area contributed by atoms with Gasteiger partial charge in [-0.1, -0.05) is 19.8 Å². The van der Waals surface area contributed by atoms with Crippen molar-refractivity contribution < 1.29 is 0 Å². The molecule has 1 fully saturated rings. The summed E-state index contributed by atoms with van der Waals surface area (Å²) in [6.45, 7) is 2.35. The number of nitrogens with one attached hydrogen (secondary N) is 1. The van der Waals surface area contributed by atoms with Crippen molar-refractivity contribution >= 4 is 43.2 Å². The van der Waals surface area contributed by atoms with E-state index in [2.05, 4.69) is 50.3 Å². The Balaban J connectivity index is 2.15. The van der Waals surface area contributed by atoms with Gasteiger partial charge in [0.15, 0.2) is 0 Å². The van der Waals surface area contributed by atoms with E-state index in [0.717, 1.165) is 14.2 Å². The van der Waals surface area contributed by atoms with Crippen molar-refractivity contribution in [2.24, 2.45) is 17.7 Å². The van der Waals surface area contributed by atoms with E-state index >= 15 is 0 Å². The van der Waals surface area contributed by atoms with Crippen molar-refractivity contribution in [3.63, 3.8) is 0 Å². The van der Waals surface area contributed by atoms with E-state index in [1.165, 1.54) is 30.6 Å². The smallest absolute Gasteiger partial charge is 0.0843 e. The molecular weight excluding hydrogens is 364 g/mol. The van der Waals surface area contributed by atoms with E-state index < -0.39 is 0 Å². The zero-order valence-electron chi connectivity index (χ0n) is 9.88. The maximum atomic E-state index is 5.77. The Morgan fingerprint density at radius 1 is 1.47 bits per heavy atom. The summed E-state index contributed by atoms with van der Waals surface area (Å²) in [7, 11) is 0. The molecule has 5 heteroatoms. The molecule has 1 aromatic rings. The first-order valence-corrected chi connectivity index (χ1v) is 8.43. The highest BCUT2D eigenvalue weighted by atomic mass is 79.9. The van der Waals surface area contributed by atoms with Crippen LogP contribution in [0.3, 0.4) is 0 Å². The molecule has 3 unspecified atom stereocenters. The zero-order chi connectivity index (χ0) is 12.4. The molecule has 0 amide bonds. The molecule has 0 aliphatic heterocycles. The van der Waals surface area contributed by atoms with E-state index in [4.69, 9.17) is 5.84 Å². The number of rotatable bonds is 3. The molecule has 0 bridgehead atoms. The molecule has 3 atom stereocenters. The summed E-state index contributed by atoms with van der Waals surface area (Å²) in [5, 5.41) is 0. The van der Waals surface area contributed by atoms with Gasteiger partial charge in [0.1, 0.15) is 0 Å². The van der Waals surface area contributed by atoms with Crippen LogP contribution in [-0.4, -0.2) is 0 Å². The van der Waals surface area contributed by atoms with Crippen molar-refractivity contribution in [3.05, 3.63) is 19.2 Å². The molecule has 0 aromatic carbocycles. The number of hydrazine groups is 1. The average molecular weight is 382 g/mol. The number of hydrogen-bond donors (Lipinski definition) is 2. The molecule has 17 heavy (non-hydrogen) atoms. The third kappa shape index (κ3) is 3.32. The van der Waals surface area contributed by atoms with Crippen LogP contribution in [0.15, 0.2) is 14.3 Å². The van der Waals surface area contributed by atoms with Crippen LogP contribution in [-0.2, 0) is 0 Å². The summed E-state index contributed by atoms with van der Waals surface area (Å²) in [4.78, 5) is 1.32. The van der Waals surface area contributed by atoms with Gasteiger partial charge in [-0.15, -0.1) is 11.3 Å². The molecule has 96 valence electrons. The minimum atomic E-state index is 0.297. The van der Waals surface area contributed by atoms with Gasteiger partial charge in [-0.25, -0.2) is 0 Å². The first kappa shape index (κ1) is 14.0. The van der Waals surface area contributed by atoms with Crippen LogP contribution in [0.4, 0.5) is 0 Å². The molecule has 2 nitrogen and oxygen atoms in total. The van der Waals surface area contributed by atoms with Crippen molar-refractivity contribution in [2.45, 2.75) is 38.6 Å². The van der Waals surface area contributed by atoms with Gasteiger partial charge in [0.25, 0.3) is 0 Å². The molecule has 1 aliphatic carbocycles. The van der Waals surface area contributed by atoms with Gasteiger partial charge >= 0.3 is 0 Å². The Morgan fingerprint density at radius 3 is 2.76 bits per heavy atom. The summed E-state index contributed by atoms with van der Waals surface area (Å²) in [5.74, 6) is 7.26. The molecule has 3 N–H and O–H groups in total. The van der Waals surface area contributed by atoms with E-state index in [-0.39, 0.29) is 0 Å². The molecular formula is C12H18Br2N2S. The van der Waals surface area contributed by atoms with Crippen LogP contribution in [0, 0.1) is 11.8 Å². The zero-order valence-corrected chi connectivity index (χ0v) is 13.9. The standard InChI is InChI=1S/C12H18Br2N2S/c1-7-3-2-4-8(5-7)11(16-15)10-6-9(13)12(14)17-10/h6-8,11,16H,2-5,15H2,1H3. The maximum Gasteiger partial charge on any atom is 0.0843 e. The fourth-order valence-corrected chi connectivity index (χ4v) is 4.99. The number of halogens is 2. The topological polar surface area (TPSA) is 38.0 Å². The largest absolute Gasteiger partial charge is 0.271 e. The van der Waals surface area contributed by atoms with Crippen LogP contribution in [0.5, 0.6) is 0 Å². The van der Waals surface area contributed by atoms with E-state index in [0.29, 0.717) is 12.0 Å².